The zero-order valence-electron chi connectivity index (χ0n) is 10.9. The van der Waals surface area contributed by atoms with Crippen molar-refractivity contribution in [3.8, 4) is 11.5 Å². The highest BCUT2D eigenvalue weighted by Crippen LogP contribution is 2.40. The third-order valence-electron chi connectivity index (χ3n) is 3.81. The van der Waals surface area contributed by atoms with E-state index in [1.54, 1.807) is 0 Å². The summed E-state index contributed by atoms with van der Waals surface area (Å²) in [5.74, 6) is 1.67. The number of benzene rings is 1. The fourth-order valence-electron chi connectivity index (χ4n) is 2.81. The summed E-state index contributed by atoms with van der Waals surface area (Å²) in [6, 6.07) is 4.83. The molecule has 3 rings (SSSR count). The molecule has 0 saturated heterocycles. The second-order valence-electron chi connectivity index (χ2n) is 5.00. The average Bonchev–Trinajstić information content (AvgIpc) is 3.04. The van der Waals surface area contributed by atoms with Gasteiger partial charge in [-0.05, 0) is 52.7 Å². The normalized spacial score (nSPS) is 24.9. The molecule has 1 aromatic carbocycles. The number of halogens is 1. The second kappa shape index (κ2) is 5.94. The summed E-state index contributed by atoms with van der Waals surface area (Å²) >= 11 is 5.52. The molecule has 1 aliphatic carbocycles. The van der Waals surface area contributed by atoms with Crippen LogP contribution in [0.4, 0.5) is 0 Å². The van der Waals surface area contributed by atoms with Gasteiger partial charge in [0, 0.05) is 17.8 Å². The number of rotatable bonds is 4. The maximum Gasteiger partial charge on any atom is 0.231 e. The van der Waals surface area contributed by atoms with E-state index in [1.807, 2.05) is 11.8 Å². The van der Waals surface area contributed by atoms with Gasteiger partial charge >= 0.3 is 0 Å². The summed E-state index contributed by atoms with van der Waals surface area (Å²) in [6.07, 6.45) is 6.18. The van der Waals surface area contributed by atoms with Gasteiger partial charge in [-0.15, -0.1) is 0 Å². The van der Waals surface area contributed by atoms with E-state index in [0.717, 1.165) is 27.8 Å². The van der Waals surface area contributed by atoms with E-state index >= 15 is 0 Å². The van der Waals surface area contributed by atoms with Gasteiger partial charge in [-0.1, -0.05) is 6.42 Å². The zero-order chi connectivity index (χ0) is 13.2. The van der Waals surface area contributed by atoms with Crippen molar-refractivity contribution in [2.24, 2.45) is 0 Å². The van der Waals surface area contributed by atoms with Crippen LogP contribution in [-0.4, -0.2) is 24.3 Å². The van der Waals surface area contributed by atoms with Crippen molar-refractivity contribution in [3.05, 3.63) is 22.2 Å². The standard InChI is InChI=1S/C14H18BrNO2S/c1-19-13-4-2-3-11(13)16-7-9-5-10(15)14-12(6-9)17-8-18-14/h5-6,11,13,16H,2-4,7-8H2,1H3. The lowest BCUT2D eigenvalue weighted by molar-refractivity contribution is 0.173. The SMILES string of the molecule is CSC1CCCC1NCc1cc(Br)c2c(c1)OCO2. The Hall–Kier alpha value is -0.390. The lowest BCUT2D eigenvalue weighted by Gasteiger charge is -2.19. The van der Waals surface area contributed by atoms with E-state index in [1.165, 1.54) is 24.8 Å². The number of hydrogen-bond acceptors (Lipinski definition) is 4. The third-order valence-corrected chi connectivity index (χ3v) is 5.57. The molecule has 104 valence electrons. The van der Waals surface area contributed by atoms with Crippen LogP contribution in [0.2, 0.25) is 0 Å². The minimum absolute atomic E-state index is 0.321. The minimum Gasteiger partial charge on any atom is -0.454 e. The van der Waals surface area contributed by atoms with Crippen molar-refractivity contribution < 1.29 is 9.47 Å². The molecule has 0 amide bonds. The summed E-state index contributed by atoms with van der Waals surface area (Å²) in [5.41, 5.74) is 1.24. The molecule has 19 heavy (non-hydrogen) atoms. The van der Waals surface area contributed by atoms with Crippen molar-refractivity contribution in [1.29, 1.82) is 0 Å². The molecule has 1 aliphatic heterocycles. The molecule has 0 bridgehead atoms. The van der Waals surface area contributed by atoms with E-state index < -0.39 is 0 Å². The third kappa shape index (κ3) is 2.88. The summed E-state index contributed by atoms with van der Waals surface area (Å²) in [7, 11) is 0. The highest BCUT2D eigenvalue weighted by Gasteiger charge is 2.26. The molecule has 1 N–H and O–H groups in total. The van der Waals surface area contributed by atoms with Gasteiger partial charge in [-0.2, -0.15) is 11.8 Å². The first-order valence-electron chi connectivity index (χ1n) is 6.62. The molecule has 0 spiro atoms. The Balaban J connectivity index is 1.66. The van der Waals surface area contributed by atoms with Crippen LogP contribution in [0.1, 0.15) is 24.8 Å². The fourth-order valence-corrected chi connectivity index (χ4v) is 4.38. The molecule has 2 aliphatic rings. The summed E-state index contributed by atoms with van der Waals surface area (Å²) in [6.45, 7) is 1.21. The molecule has 0 aromatic heterocycles. The van der Waals surface area contributed by atoms with Gasteiger partial charge in [-0.25, -0.2) is 0 Å². The van der Waals surface area contributed by atoms with Crippen molar-refractivity contribution >= 4 is 27.7 Å². The van der Waals surface area contributed by atoms with Gasteiger partial charge in [0.25, 0.3) is 0 Å². The predicted molar refractivity (Wildman–Crippen MR) is 82.0 cm³/mol. The smallest absolute Gasteiger partial charge is 0.231 e. The van der Waals surface area contributed by atoms with Crippen molar-refractivity contribution in [1.82, 2.24) is 5.32 Å². The highest BCUT2D eigenvalue weighted by molar-refractivity contribution is 9.10. The van der Waals surface area contributed by atoms with E-state index in [9.17, 15) is 0 Å². The van der Waals surface area contributed by atoms with Gasteiger partial charge in [-0.3, -0.25) is 0 Å². The van der Waals surface area contributed by atoms with Crippen LogP contribution in [0.25, 0.3) is 0 Å². The maximum absolute atomic E-state index is 5.45. The van der Waals surface area contributed by atoms with E-state index in [-0.39, 0.29) is 0 Å². The van der Waals surface area contributed by atoms with Crippen LogP contribution in [0.15, 0.2) is 16.6 Å². The summed E-state index contributed by atoms with van der Waals surface area (Å²) < 4.78 is 11.8. The van der Waals surface area contributed by atoms with Crippen LogP contribution in [0.5, 0.6) is 11.5 Å². The summed E-state index contributed by atoms with van der Waals surface area (Å²) in [4.78, 5) is 0. The minimum atomic E-state index is 0.321. The predicted octanol–water partition coefficient (Wildman–Crippen LogP) is 3.55. The number of nitrogens with one attached hydrogen (secondary N) is 1. The summed E-state index contributed by atoms with van der Waals surface area (Å²) in [5, 5.41) is 4.44. The molecule has 2 atom stereocenters. The first-order valence-corrected chi connectivity index (χ1v) is 8.70. The highest BCUT2D eigenvalue weighted by atomic mass is 79.9. The number of fused-ring (bicyclic) bond motifs is 1. The maximum atomic E-state index is 5.45. The Morgan fingerprint density at radius 3 is 3.11 bits per heavy atom. The Labute approximate surface area is 126 Å². The number of thioether (sulfide) groups is 1. The van der Waals surface area contributed by atoms with Gasteiger partial charge in [0.15, 0.2) is 11.5 Å². The first kappa shape index (κ1) is 13.6. The molecule has 1 aromatic rings. The topological polar surface area (TPSA) is 30.5 Å². The average molecular weight is 344 g/mol. The van der Waals surface area contributed by atoms with Crippen molar-refractivity contribution in [2.45, 2.75) is 37.1 Å². The Bertz CT molecular complexity index is 469. The monoisotopic (exact) mass is 343 g/mol. The van der Waals surface area contributed by atoms with Crippen molar-refractivity contribution in [2.75, 3.05) is 13.0 Å². The molecule has 5 heteroatoms. The van der Waals surface area contributed by atoms with E-state index in [2.05, 4.69) is 39.6 Å². The van der Waals surface area contributed by atoms with E-state index in [4.69, 9.17) is 9.47 Å². The lowest BCUT2D eigenvalue weighted by atomic mass is 10.1. The Morgan fingerprint density at radius 2 is 2.26 bits per heavy atom. The zero-order valence-corrected chi connectivity index (χ0v) is 13.4. The van der Waals surface area contributed by atoms with Crippen molar-refractivity contribution in [3.63, 3.8) is 0 Å². The quantitative estimate of drug-likeness (QED) is 0.905. The van der Waals surface area contributed by atoms with Crippen LogP contribution in [-0.2, 0) is 6.54 Å². The molecule has 1 heterocycles. The van der Waals surface area contributed by atoms with Crippen LogP contribution >= 0.6 is 27.7 Å². The van der Waals surface area contributed by atoms with E-state index in [0.29, 0.717) is 12.8 Å². The number of hydrogen-bond donors (Lipinski definition) is 1. The molecule has 3 nitrogen and oxygen atoms in total. The molecule has 1 fully saturated rings. The van der Waals surface area contributed by atoms with Gasteiger partial charge in [0.2, 0.25) is 6.79 Å². The molecular weight excluding hydrogens is 326 g/mol. The Kier molecular flexibility index (Phi) is 4.24. The lowest BCUT2D eigenvalue weighted by Crippen LogP contribution is -2.33. The molecule has 0 radical (unpaired) electrons. The molecule has 1 saturated carbocycles. The second-order valence-corrected chi connectivity index (χ2v) is 6.94. The Morgan fingerprint density at radius 1 is 1.37 bits per heavy atom. The van der Waals surface area contributed by atoms with Gasteiger partial charge < -0.3 is 14.8 Å². The largest absolute Gasteiger partial charge is 0.454 e. The molecule has 2 unspecified atom stereocenters. The van der Waals surface area contributed by atoms with Gasteiger partial charge in [0.05, 0.1) is 4.47 Å². The van der Waals surface area contributed by atoms with Crippen LogP contribution in [0.3, 0.4) is 0 Å². The first-order chi connectivity index (χ1) is 9.28. The fraction of sp³-hybridized carbons (Fsp3) is 0.571. The van der Waals surface area contributed by atoms with Gasteiger partial charge in [0.1, 0.15) is 0 Å². The molecular formula is C14H18BrNO2S. The number of ether oxygens (including phenoxy) is 2. The van der Waals surface area contributed by atoms with Crippen LogP contribution in [0, 0.1) is 0 Å². The van der Waals surface area contributed by atoms with Crippen LogP contribution < -0.4 is 14.8 Å².